The van der Waals surface area contributed by atoms with E-state index in [0.717, 1.165) is 16.7 Å². The number of hydrogen-bond donors (Lipinski definition) is 1. The summed E-state index contributed by atoms with van der Waals surface area (Å²) in [4.78, 5) is 25.8. The van der Waals surface area contributed by atoms with E-state index in [1.165, 1.54) is 22.6 Å². The molecular formula is C21H26FN3O3. The number of likely N-dealkylation sites (tertiary alicyclic amines) is 1. The average molecular weight is 387 g/mol. The minimum Gasteiger partial charge on any atom is -0.496 e. The van der Waals surface area contributed by atoms with Crippen LogP contribution in [0.15, 0.2) is 41.3 Å². The van der Waals surface area contributed by atoms with Gasteiger partial charge in [0.05, 0.1) is 19.7 Å². The van der Waals surface area contributed by atoms with E-state index >= 15 is 0 Å². The SMILES string of the molecule is COc1cc(=O)n(C)cc1-c1ccc([C@H](C)[C@H](N)C(=O)N2CC[C@H](F)C2)cc1. The quantitative estimate of drug-likeness (QED) is 0.852. The molecule has 1 saturated heterocycles. The van der Waals surface area contributed by atoms with Gasteiger partial charge in [-0.25, -0.2) is 4.39 Å². The standard InChI is InChI=1S/C21H26FN3O3/c1-13(20(23)21(27)25-9-8-16(22)11-25)14-4-6-15(7-5-14)17-12-24(2)19(26)10-18(17)28-3/h4-7,10,12-13,16,20H,8-9,11,23H2,1-3H3/t13-,16-,20-/m0/s1. The molecule has 0 aliphatic carbocycles. The van der Waals surface area contributed by atoms with Gasteiger partial charge in [0, 0.05) is 37.3 Å². The molecule has 0 radical (unpaired) electrons. The Balaban J connectivity index is 1.80. The van der Waals surface area contributed by atoms with Crippen molar-refractivity contribution in [2.45, 2.75) is 31.5 Å². The van der Waals surface area contributed by atoms with Crippen LogP contribution in [-0.2, 0) is 11.8 Å². The number of nitrogens with zero attached hydrogens (tertiary/aromatic N) is 2. The number of halogens is 1. The minimum atomic E-state index is -0.956. The first-order valence-electron chi connectivity index (χ1n) is 9.35. The predicted molar refractivity (Wildman–Crippen MR) is 106 cm³/mol. The van der Waals surface area contributed by atoms with Gasteiger partial charge in [0.2, 0.25) is 5.91 Å². The number of hydrogen-bond acceptors (Lipinski definition) is 4. The first-order valence-corrected chi connectivity index (χ1v) is 9.35. The number of rotatable bonds is 5. The molecule has 3 rings (SSSR count). The summed E-state index contributed by atoms with van der Waals surface area (Å²) >= 11 is 0. The van der Waals surface area contributed by atoms with E-state index in [2.05, 4.69) is 0 Å². The van der Waals surface area contributed by atoms with E-state index in [-0.39, 0.29) is 23.9 Å². The number of ether oxygens (including phenoxy) is 1. The lowest BCUT2D eigenvalue weighted by molar-refractivity contribution is -0.132. The number of alkyl halides is 1. The van der Waals surface area contributed by atoms with Crippen LogP contribution in [0.3, 0.4) is 0 Å². The number of carbonyl (C=O) groups excluding carboxylic acids is 1. The van der Waals surface area contributed by atoms with Gasteiger partial charge in [0.1, 0.15) is 11.9 Å². The third kappa shape index (κ3) is 3.94. The van der Waals surface area contributed by atoms with Gasteiger partial charge in [-0.15, -0.1) is 0 Å². The van der Waals surface area contributed by atoms with Gasteiger partial charge in [-0.2, -0.15) is 0 Å². The van der Waals surface area contributed by atoms with E-state index in [0.29, 0.717) is 18.7 Å². The predicted octanol–water partition coefficient (Wildman–Crippen LogP) is 2.06. The average Bonchev–Trinajstić information content (AvgIpc) is 3.14. The molecule has 0 saturated carbocycles. The maximum atomic E-state index is 13.4. The number of nitrogens with two attached hydrogens (primary N) is 1. The van der Waals surface area contributed by atoms with Crippen LogP contribution in [0.2, 0.25) is 0 Å². The molecule has 1 aliphatic rings. The molecule has 0 spiro atoms. The van der Waals surface area contributed by atoms with E-state index in [9.17, 15) is 14.0 Å². The number of carbonyl (C=O) groups is 1. The van der Waals surface area contributed by atoms with Crippen molar-refractivity contribution in [3.05, 3.63) is 52.4 Å². The van der Waals surface area contributed by atoms with E-state index in [4.69, 9.17) is 10.5 Å². The second kappa shape index (κ2) is 8.14. The smallest absolute Gasteiger partial charge is 0.254 e. The number of aromatic nitrogens is 1. The molecule has 2 heterocycles. The van der Waals surface area contributed by atoms with Crippen molar-refractivity contribution in [3.8, 4) is 16.9 Å². The molecule has 2 N–H and O–H groups in total. The van der Waals surface area contributed by atoms with Gasteiger partial charge in [-0.05, 0) is 17.5 Å². The molecule has 0 bridgehead atoms. The monoisotopic (exact) mass is 387 g/mol. The highest BCUT2D eigenvalue weighted by Crippen LogP contribution is 2.30. The highest BCUT2D eigenvalue weighted by Gasteiger charge is 2.32. The summed E-state index contributed by atoms with van der Waals surface area (Å²) in [5.41, 5.74) is 8.65. The highest BCUT2D eigenvalue weighted by atomic mass is 19.1. The zero-order valence-electron chi connectivity index (χ0n) is 16.4. The van der Waals surface area contributed by atoms with Crippen molar-refractivity contribution in [2.75, 3.05) is 20.2 Å². The van der Waals surface area contributed by atoms with E-state index in [1.54, 1.807) is 13.2 Å². The number of amides is 1. The fourth-order valence-corrected chi connectivity index (χ4v) is 3.51. The molecule has 2 aromatic rings. The Kier molecular flexibility index (Phi) is 5.84. The van der Waals surface area contributed by atoms with Crippen LogP contribution in [-0.4, -0.2) is 47.8 Å². The van der Waals surface area contributed by atoms with Crippen LogP contribution >= 0.6 is 0 Å². The normalized spacial score (nSPS) is 18.8. The number of aryl methyl sites for hydroxylation is 1. The molecule has 150 valence electrons. The van der Waals surface area contributed by atoms with Gasteiger partial charge in [-0.1, -0.05) is 31.2 Å². The van der Waals surface area contributed by atoms with E-state index < -0.39 is 12.2 Å². The van der Waals surface area contributed by atoms with Crippen molar-refractivity contribution in [1.29, 1.82) is 0 Å². The Morgan fingerprint density at radius 3 is 2.57 bits per heavy atom. The second-order valence-electron chi connectivity index (χ2n) is 7.31. The summed E-state index contributed by atoms with van der Waals surface area (Å²) in [6, 6.07) is 8.40. The Bertz CT molecular complexity index is 910. The zero-order chi connectivity index (χ0) is 20.4. The molecule has 3 atom stereocenters. The largest absolute Gasteiger partial charge is 0.496 e. The summed E-state index contributed by atoms with van der Waals surface area (Å²) in [7, 11) is 3.21. The Morgan fingerprint density at radius 1 is 1.32 bits per heavy atom. The maximum Gasteiger partial charge on any atom is 0.254 e. The van der Waals surface area contributed by atoms with Crippen LogP contribution in [0.5, 0.6) is 5.75 Å². The van der Waals surface area contributed by atoms with Crippen LogP contribution in [0.4, 0.5) is 4.39 Å². The molecule has 1 aliphatic heterocycles. The van der Waals surface area contributed by atoms with Crippen LogP contribution in [0, 0.1) is 0 Å². The van der Waals surface area contributed by atoms with Crippen molar-refractivity contribution in [2.24, 2.45) is 12.8 Å². The van der Waals surface area contributed by atoms with Crippen LogP contribution in [0.25, 0.3) is 11.1 Å². The topological polar surface area (TPSA) is 77.6 Å². The van der Waals surface area contributed by atoms with Crippen molar-refractivity contribution < 1.29 is 13.9 Å². The molecular weight excluding hydrogens is 361 g/mol. The van der Waals surface area contributed by atoms with Gasteiger partial charge >= 0.3 is 0 Å². The summed E-state index contributed by atoms with van der Waals surface area (Å²) in [6.07, 6.45) is 1.15. The van der Waals surface area contributed by atoms with Gasteiger partial charge < -0.3 is 19.9 Å². The molecule has 7 heteroatoms. The van der Waals surface area contributed by atoms with Gasteiger partial charge in [-0.3, -0.25) is 9.59 Å². The third-order valence-electron chi connectivity index (χ3n) is 5.42. The van der Waals surface area contributed by atoms with Crippen LogP contribution < -0.4 is 16.0 Å². The summed E-state index contributed by atoms with van der Waals surface area (Å²) in [5.74, 6) is 0.0873. The zero-order valence-corrected chi connectivity index (χ0v) is 16.4. The van der Waals surface area contributed by atoms with Crippen molar-refractivity contribution in [3.63, 3.8) is 0 Å². The van der Waals surface area contributed by atoms with Crippen molar-refractivity contribution in [1.82, 2.24) is 9.47 Å². The fraction of sp³-hybridized carbons (Fsp3) is 0.429. The summed E-state index contributed by atoms with van der Waals surface area (Å²) in [5, 5.41) is 0. The number of pyridine rings is 1. The molecule has 1 amide bonds. The van der Waals surface area contributed by atoms with E-state index in [1.807, 2.05) is 31.2 Å². The molecule has 1 fully saturated rings. The molecule has 28 heavy (non-hydrogen) atoms. The lowest BCUT2D eigenvalue weighted by Crippen LogP contribution is -2.45. The Hall–Kier alpha value is -2.67. The first-order chi connectivity index (χ1) is 13.3. The minimum absolute atomic E-state index is 0.130. The number of benzene rings is 1. The Morgan fingerprint density at radius 2 is 2.00 bits per heavy atom. The molecule has 1 aromatic carbocycles. The van der Waals surface area contributed by atoms with Crippen molar-refractivity contribution >= 4 is 5.91 Å². The number of methoxy groups -OCH3 is 1. The van der Waals surface area contributed by atoms with Gasteiger partial charge in [0.25, 0.3) is 5.56 Å². The molecule has 0 unspecified atom stereocenters. The summed E-state index contributed by atoms with van der Waals surface area (Å²) in [6.45, 7) is 2.45. The highest BCUT2D eigenvalue weighted by molar-refractivity contribution is 5.83. The molecule has 6 nitrogen and oxygen atoms in total. The first kappa shape index (κ1) is 20.1. The maximum absolute atomic E-state index is 13.4. The lowest BCUT2D eigenvalue weighted by Gasteiger charge is -2.25. The summed E-state index contributed by atoms with van der Waals surface area (Å²) < 4.78 is 20.2. The van der Waals surface area contributed by atoms with Gasteiger partial charge in [0.15, 0.2) is 0 Å². The third-order valence-corrected chi connectivity index (χ3v) is 5.42. The lowest BCUT2D eigenvalue weighted by atomic mass is 9.91. The fourth-order valence-electron chi connectivity index (χ4n) is 3.51. The molecule has 1 aromatic heterocycles. The Labute approximate surface area is 163 Å². The second-order valence-corrected chi connectivity index (χ2v) is 7.31. The van der Waals surface area contributed by atoms with Crippen LogP contribution in [0.1, 0.15) is 24.8 Å².